The van der Waals surface area contributed by atoms with Gasteiger partial charge in [-0.25, -0.2) is 4.98 Å². The largest absolute Gasteiger partial charge is 0.462 e. The molecule has 0 radical (unpaired) electrons. The molecule has 2 aromatic heterocycles. The molecule has 1 aliphatic heterocycles. The first-order valence-corrected chi connectivity index (χ1v) is 7.98. The number of carbonyl (C=O) groups excluding carboxylic acids is 1. The number of rotatable bonds is 3. The van der Waals surface area contributed by atoms with Crippen molar-refractivity contribution in [2.24, 2.45) is 0 Å². The summed E-state index contributed by atoms with van der Waals surface area (Å²) in [5.74, 6) is 0.474. The van der Waals surface area contributed by atoms with E-state index in [0.29, 0.717) is 24.4 Å². The molecule has 0 aromatic carbocycles. The van der Waals surface area contributed by atoms with Crippen molar-refractivity contribution in [3.8, 4) is 11.5 Å². The number of carbonyl (C=O) groups is 1. The number of nitrogens with zero attached hydrogens (tertiary/aromatic N) is 3. The van der Waals surface area contributed by atoms with Crippen LogP contribution in [0.3, 0.4) is 0 Å². The molecule has 118 valence electrons. The molecule has 1 saturated heterocycles. The Kier molecular flexibility index (Phi) is 4.03. The van der Waals surface area contributed by atoms with Crippen LogP contribution in [0, 0.1) is 6.92 Å². The zero-order valence-corrected chi connectivity index (χ0v) is 13.6. The van der Waals surface area contributed by atoms with E-state index in [-0.39, 0.29) is 11.9 Å². The molecule has 6 nitrogen and oxygen atoms in total. The highest BCUT2D eigenvalue weighted by Gasteiger charge is 2.36. The number of aromatic nitrogens is 1. The van der Waals surface area contributed by atoms with Gasteiger partial charge in [-0.1, -0.05) is 0 Å². The van der Waals surface area contributed by atoms with E-state index in [4.69, 9.17) is 4.42 Å². The van der Waals surface area contributed by atoms with Gasteiger partial charge in [0.05, 0.1) is 22.7 Å². The Bertz CT molecular complexity index is 679. The Labute approximate surface area is 133 Å². The lowest BCUT2D eigenvalue weighted by Gasteiger charge is -2.21. The van der Waals surface area contributed by atoms with Gasteiger partial charge in [-0.3, -0.25) is 4.79 Å². The van der Waals surface area contributed by atoms with Crippen molar-refractivity contribution in [2.75, 3.05) is 27.2 Å². The minimum atomic E-state index is -0.522. The second-order valence-corrected chi connectivity index (χ2v) is 6.82. The number of β-amino-alcohol motifs (C(OH)–C–C–N with tert-alkyl or cyclic N) is 1. The first kappa shape index (κ1) is 15.2. The molecule has 0 saturated carbocycles. The average molecular weight is 321 g/mol. The maximum absolute atomic E-state index is 12.5. The molecule has 2 atom stereocenters. The maximum Gasteiger partial charge on any atom is 0.257 e. The van der Waals surface area contributed by atoms with Crippen molar-refractivity contribution in [1.29, 1.82) is 0 Å². The summed E-state index contributed by atoms with van der Waals surface area (Å²) in [6.07, 6.45) is 0.938. The lowest BCUT2D eigenvalue weighted by Crippen LogP contribution is -2.38. The summed E-state index contributed by atoms with van der Waals surface area (Å²) < 4.78 is 5.47. The molecule has 0 aliphatic carbocycles. The van der Waals surface area contributed by atoms with Crippen molar-refractivity contribution < 1.29 is 14.3 Å². The Balaban J connectivity index is 1.75. The normalized spacial score (nSPS) is 21.8. The molecule has 1 amide bonds. The van der Waals surface area contributed by atoms with Gasteiger partial charge in [0.1, 0.15) is 12.0 Å². The molecule has 0 unspecified atom stereocenters. The van der Waals surface area contributed by atoms with Gasteiger partial charge in [-0.2, -0.15) is 0 Å². The van der Waals surface area contributed by atoms with Crippen molar-refractivity contribution in [3.63, 3.8) is 0 Å². The highest BCUT2D eigenvalue weighted by Crippen LogP contribution is 2.25. The molecular formula is C15H19N3O3S. The van der Waals surface area contributed by atoms with Crippen LogP contribution >= 0.6 is 11.3 Å². The highest BCUT2D eigenvalue weighted by molar-refractivity contribution is 7.09. The van der Waals surface area contributed by atoms with Crippen LogP contribution in [0.2, 0.25) is 0 Å². The standard InChI is InChI=1S/C15H19N3O3S/c1-9-16-11(8-22-9)14-4-10(7-21-14)15(20)18-5-12(17(2)3)13(19)6-18/h4,7-8,12-13,19H,5-6H2,1-3H3/t12-,13-/m0/s1. The van der Waals surface area contributed by atoms with E-state index >= 15 is 0 Å². The van der Waals surface area contributed by atoms with Gasteiger partial charge in [-0.15, -0.1) is 11.3 Å². The topological polar surface area (TPSA) is 69.8 Å². The molecule has 1 N–H and O–H groups in total. The van der Waals surface area contributed by atoms with Crippen LogP contribution < -0.4 is 0 Å². The summed E-state index contributed by atoms with van der Waals surface area (Å²) in [5.41, 5.74) is 1.24. The van der Waals surface area contributed by atoms with Crippen LogP contribution in [0.25, 0.3) is 11.5 Å². The van der Waals surface area contributed by atoms with Gasteiger partial charge >= 0.3 is 0 Å². The Morgan fingerprint density at radius 3 is 2.86 bits per heavy atom. The highest BCUT2D eigenvalue weighted by atomic mass is 32.1. The second kappa shape index (κ2) is 5.83. The van der Waals surface area contributed by atoms with Crippen molar-refractivity contribution in [1.82, 2.24) is 14.8 Å². The SMILES string of the molecule is Cc1nc(-c2cc(C(=O)N3C[C@H](O)[C@@H](N(C)C)C3)co2)cs1. The van der Waals surface area contributed by atoms with Crippen molar-refractivity contribution >= 4 is 17.2 Å². The molecular weight excluding hydrogens is 302 g/mol. The maximum atomic E-state index is 12.5. The smallest absolute Gasteiger partial charge is 0.257 e. The summed E-state index contributed by atoms with van der Waals surface area (Å²) in [4.78, 5) is 20.5. The summed E-state index contributed by atoms with van der Waals surface area (Å²) in [5, 5.41) is 12.9. The van der Waals surface area contributed by atoms with Gasteiger partial charge in [0.15, 0.2) is 5.76 Å². The summed E-state index contributed by atoms with van der Waals surface area (Å²) in [6, 6.07) is 1.68. The van der Waals surface area contributed by atoms with E-state index < -0.39 is 6.10 Å². The van der Waals surface area contributed by atoms with Gasteiger partial charge < -0.3 is 19.3 Å². The fourth-order valence-electron chi connectivity index (χ4n) is 2.68. The van der Waals surface area contributed by atoms with Gasteiger partial charge in [0.25, 0.3) is 5.91 Å². The number of hydrogen-bond donors (Lipinski definition) is 1. The summed E-state index contributed by atoms with van der Waals surface area (Å²) in [6.45, 7) is 2.79. The lowest BCUT2D eigenvalue weighted by molar-refractivity contribution is 0.0763. The van der Waals surface area contributed by atoms with Crippen LogP contribution in [0.4, 0.5) is 0 Å². The van der Waals surface area contributed by atoms with E-state index in [0.717, 1.165) is 10.7 Å². The van der Waals surface area contributed by atoms with Crippen molar-refractivity contribution in [2.45, 2.75) is 19.1 Å². The second-order valence-electron chi connectivity index (χ2n) is 5.76. The predicted molar refractivity (Wildman–Crippen MR) is 83.9 cm³/mol. The monoisotopic (exact) mass is 321 g/mol. The van der Waals surface area contributed by atoms with Crippen LogP contribution in [-0.2, 0) is 0 Å². The van der Waals surface area contributed by atoms with Gasteiger partial charge in [0, 0.05) is 18.5 Å². The molecule has 1 fully saturated rings. The number of furan rings is 1. The minimum Gasteiger partial charge on any atom is -0.462 e. The van der Waals surface area contributed by atoms with Crippen molar-refractivity contribution in [3.05, 3.63) is 28.3 Å². The van der Waals surface area contributed by atoms with E-state index in [9.17, 15) is 9.90 Å². The number of aryl methyl sites for hydroxylation is 1. The van der Waals surface area contributed by atoms with E-state index in [1.165, 1.54) is 6.26 Å². The molecule has 22 heavy (non-hydrogen) atoms. The first-order chi connectivity index (χ1) is 10.5. The third-order valence-corrected chi connectivity index (χ3v) is 4.70. The van der Waals surface area contributed by atoms with Crippen LogP contribution in [0.1, 0.15) is 15.4 Å². The number of thiazole rings is 1. The number of likely N-dealkylation sites (N-methyl/N-ethyl adjacent to an activating group) is 1. The van der Waals surface area contributed by atoms with Crippen LogP contribution in [0.15, 0.2) is 22.1 Å². The Morgan fingerprint density at radius 2 is 2.27 bits per heavy atom. The fourth-order valence-corrected chi connectivity index (χ4v) is 3.29. The Morgan fingerprint density at radius 1 is 1.50 bits per heavy atom. The third kappa shape index (κ3) is 2.79. The zero-order chi connectivity index (χ0) is 15.9. The first-order valence-electron chi connectivity index (χ1n) is 7.10. The number of aliphatic hydroxyl groups excluding tert-OH is 1. The van der Waals surface area contributed by atoms with E-state index in [1.807, 2.05) is 31.3 Å². The zero-order valence-electron chi connectivity index (χ0n) is 12.8. The number of hydrogen-bond acceptors (Lipinski definition) is 6. The van der Waals surface area contributed by atoms with Crippen LogP contribution in [0.5, 0.6) is 0 Å². The molecule has 0 bridgehead atoms. The average Bonchev–Trinajstić information content (AvgIpc) is 3.16. The number of amides is 1. The lowest BCUT2D eigenvalue weighted by atomic mass is 10.2. The summed E-state index contributed by atoms with van der Waals surface area (Å²) in [7, 11) is 3.81. The molecule has 7 heteroatoms. The van der Waals surface area contributed by atoms with E-state index in [1.54, 1.807) is 22.3 Å². The molecule has 2 aromatic rings. The quantitative estimate of drug-likeness (QED) is 0.927. The number of likely N-dealkylation sites (tertiary alicyclic amines) is 1. The molecule has 3 rings (SSSR count). The minimum absolute atomic E-state index is 0.0310. The van der Waals surface area contributed by atoms with Crippen LogP contribution in [-0.4, -0.2) is 65.1 Å². The van der Waals surface area contributed by atoms with Gasteiger partial charge in [-0.05, 0) is 27.1 Å². The summed E-state index contributed by atoms with van der Waals surface area (Å²) >= 11 is 1.54. The fraction of sp³-hybridized carbons (Fsp3) is 0.467. The molecule has 1 aliphatic rings. The third-order valence-electron chi connectivity index (χ3n) is 3.93. The number of aliphatic hydroxyl groups is 1. The molecule has 0 spiro atoms. The molecule has 3 heterocycles. The van der Waals surface area contributed by atoms with E-state index in [2.05, 4.69) is 4.98 Å². The predicted octanol–water partition coefficient (Wildman–Crippen LogP) is 1.46. The van der Waals surface area contributed by atoms with Gasteiger partial charge in [0.2, 0.25) is 0 Å². The Hall–Kier alpha value is -1.70.